The number of nitrogens with zero attached hydrogens (tertiary/aromatic N) is 2. The molecule has 5 heteroatoms. The first-order valence-electron chi connectivity index (χ1n) is 6.43. The molecule has 2 rings (SSSR count). The predicted octanol–water partition coefficient (Wildman–Crippen LogP) is 3.08. The number of carbonyl (C=O) groups excluding carboxylic acids is 1. The van der Waals surface area contributed by atoms with Crippen molar-refractivity contribution >= 4 is 39.2 Å². The molecule has 0 aliphatic carbocycles. The summed E-state index contributed by atoms with van der Waals surface area (Å²) in [5, 5.41) is 2.03. The number of likely N-dealkylation sites (tertiary alicyclic amines) is 1. The van der Waals surface area contributed by atoms with Gasteiger partial charge in [-0.2, -0.15) is 0 Å². The zero-order chi connectivity index (χ0) is 13.8. The third kappa shape index (κ3) is 4.16. The Morgan fingerprint density at radius 2 is 2.16 bits per heavy atom. The van der Waals surface area contributed by atoms with Crippen molar-refractivity contribution in [2.24, 2.45) is 0 Å². The van der Waals surface area contributed by atoms with E-state index in [0.717, 1.165) is 35.3 Å². The molecule has 1 aromatic heterocycles. The van der Waals surface area contributed by atoms with Gasteiger partial charge < -0.3 is 9.80 Å². The molecular formula is C14H19BrN2OS. The van der Waals surface area contributed by atoms with Crippen LogP contribution in [0.1, 0.15) is 18.4 Å². The van der Waals surface area contributed by atoms with Gasteiger partial charge in [0.05, 0.1) is 3.79 Å². The minimum absolute atomic E-state index is 0.125. The lowest BCUT2D eigenvalue weighted by molar-refractivity contribution is -0.127. The van der Waals surface area contributed by atoms with Crippen LogP contribution in [0.5, 0.6) is 0 Å². The van der Waals surface area contributed by atoms with E-state index in [1.54, 1.807) is 17.4 Å². The third-order valence-electron chi connectivity index (χ3n) is 3.51. The molecular weight excluding hydrogens is 324 g/mol. The van der Waals surface area contributed by atoms with Crippen molar-refractivity contribution in [3.8, 4) is 0 Å². The van der Waals surface area contributed by atoms with Gasteiger partial charge in [0, 0.05) is 25.2 Å². The van der Waals surface area contributed by atoms with Gasteiger partial charge >= 0.3 is 0 Å². The molecule has 1 aliphatic heterocycles. The monoisotopic (exact) mass is 342 g/mol. The highest BCUT2D eigenvalue weighted by molar-refractivity contribution is 9.11. The second-order valence-electron chi connectivity index (χ2n) is 5.04. The van der Waals surface area contributed by atoms with E-state index in [0.29, 0.717) is 6.04 Å². The summed E-state index contributed by atoms with van der Waals surface area (Å²) >= 11 is 5.05. The van der Waals surface area contributed by atoms with Crippen molar-refractivity contribution in [2.75, 3.05) is 27.2 Å². The van der Waals surface area contributed by atoms with E-state index in [4.69, 9.17) is 0 Å². The Labute approximate surface area is 127 Å². The highest BCUT2D eigenvalue weighted by atomic mass is 79.9. The van der Waals surface area contributed by atoms with Crippen LogP contribution in [-0.4, -0.2) is 48.9 Å². The molecule has 1 saturated heterocycles. The Morgan fingerprint density at radius 1 is 1.47 bits per heavy atom. The van der Waals surface area contributed by atoms with Crippen LogP contribution in [0.2, 0.25) is 0 Å². The number of amides is 1. The lowest BCUT2D eigenvalue weighted by Gasteiger charge is -2.34. The van der Waals surface area contributed by atoms with E-state index < -0.39 is 0 Å². The van der Waals surface area contributed by atoms with E-state index in [-0.39, 0.29) is 5.91 Å². The van der Waals surface area contributed by atoms with Crippen LogP contribution in [0.3, 0.4) is 0 Å². The fourth-order valence-corrected chi connectivity index (χ4v) is 3.43. The van der Waals surface area contributed by atoms with Crippen molar-refractivity contribution < 1.29 is 4.79 Å². The molecule has 104 valence electrons. The number of thiophene rings is 1. The molecule has 1 aromatic rings. The summed E-state index contributed by atoms with van der Waals surface area (Å²) in [6.45, 7) is 1.72. The zero-order valence-corrected chi connectivity index (χ0v) is 13.7. The summed E-state index contributed by atoms with van der Waals surface area (Å²) in [4.78, 5) is 16.3. The fraction of sp³-hybridized carbons (Fsp3) is 0.500. The number of rotatable bonds is 3. The summed E-state index contributed by atoms with van der Waals surface area (Å²) < 4.78 is 1.09. The molecule has 1 aliphatic rings. The normalized spacial score (nSPS) is 17.6. The van der Waals surface area contributed by atoms with Gasteiger partial charge in [0.2, 0.25) is 5.91 Å². The van der Waals surface area contributed by atoms with Gasteiger partial charge in [-0.15, -0.1) is 11.3 Å². The van der Waals surface area contributed by atoms with Crippen LogP contribution in [0, 0.1) is 0 Å². The Bertz CT molecular complexity index is 462. The topological polar surface area (TPSA) is 23.6 Å². The average Bonchev–Trinajstić information content (AvgIpc) is 2.82. The molecule has 1 fully saturated rings. The van der Waals surface area contributed by atoms with Gasteiger partial charge in [0.25, 0.3) is 0 Å². The number of hydrogen-bond donors (Lipinski definition) is 0. The fourth-order valence-electron chi connectivity index (χ4n) is 2.29. The maximum Gasteiger partial charge on any atom is 0.246 e. The zero-order valence-electron chi connectivity index (χ0n) is 11.3. The molecule has 2 heterocycles. The van der Waals surface area contributed by atoms with Crippen molar-refractivity contribution in [3.63, 3.8) is 0 Å². The molecule has 0 bridgehead atoms. The Hall–Kier alpha value is -0.650. The van der Waals surface area contributed by atoms with Gasteiger partial charge in [-0.05, 0) is 66.0 Å². The lowest BCUT2D eigenvalue weighted by atomic mass is 10.0. The van der Waals surface area contributed by atoms with E-state index in [1.165, 1.54) is 0 Å². The van der Waals surface area contributed by atoms with Gasteiger partial charge in [0.1, 0.15) is 0 Å². The predicted molar refractivity (Wildman–Crippen MR) is 84.3 cm³/mol. The summed E-state index contributed by atoms with van der Waals surface area (Å²) in [6, 6.07) is 2.63. The second kappa shape index (κ2) is 6.68. The lowest BCUT2D eigenvalue weighted by Crippen LogP contribution is -2.43. The van der Waals surface area contributed by atoms with Crippen LogP contribution < -0.4 is 0 Å². The van der Waals surface area contributed by atoms with Gasteiger partial charge in [-0.25, -0.2) is 0 Å². The largest absolute Gasteiger partial charge is 0.339 e. The molecule has 0 radical (unpaired) electrons. The summed E-state index contributed by atoms with van der Waals surface area (Å²) in [7, 11) is 4.22. The highest BCUT2D eigenvalue weighted by Crippen LogP contribution is 2.21. The second-order valence-corrected chi connectivity index (χ2v) is 7.33. The average molecular weight is 343 g/mol. The Kier molecular flexibility index (Phi) is 5.19. The molecule has 0 aromatic carbocycles. The minimum atomic E-state index is 0.125. The van der Waals surface area contributed by atoms with Crippen LogP contribution in [0.4, 0.5) is 0 Å². The maximum absolute atomic E-state index is 12.1. The summed E-state index contributed by atoms with van der Waals surface area (Å²) in [5.74, 6) is 0.125. The smallest absolute Gasteiger partial charge is 0.246 e. The Balaban J connectivity index is 1.86. The van der Waals surface area contributed by atoms with Crippen molar-refractivity contribution in [1.82, 2.24) is 9.80 Å². The van der Waals surface area contributed by atoms with Crippen molar-refractivity contribution in [2.45, 2.75) is 18.9 Å². The summed E-state index contributed by atoms with van der Waals surface area (Å²) in [5.41, 5.74) is 1.08. The quantitative estimate of drug-likeness (QED) is 0.788. The molecule has 0 saturated carbocycles. The van der Waals surface area contributed by atoms with Crippen LogP contribution >= 0.6 is 27.3 Å². The maximum atomic E-state index is 12.1. The molecule has 3 nitrogen and oxygen atoms in total. The SMILES string of the molecule is CN(C)C1CCN(C(=O)C=Cc2csc(Br)c2)CC1. The molecule has 0 unspecified atom stereocenters. The minimum Gasteiger partial charge on any atom is -0.339 e. The van der Waals surface area contributed by atoms with Crippen LogP contribution in [0.15, 0.2) is 21.3 Å². The third-order valence-corrected chi connectivity index (χ3v) is 5.04. The first kappa shape index (κ1) is 14.8. The van der Waals surface area contributed by atoms with E-state index in [1.807, 2.05) is 22.4 Å². The van der Waals surface area contributed by atoms with E-state index >= 15 is 0 Å². The molecule has 19 heavy (non-hydrogen) atoms. The highest BCUT2D eigenvalue weighted by Gasteiger charge is 2.22. The van der Waals surface area contributed by atoms with Crippen LogP contribution in [0.25, 0.3) is 6.08 Å². The first-order chi connectivity index (χ1) is 9.06. The first-order valence-corrected chi connectivity index (χ1v) is 8.11. The number of carbonyl (C=O) groups is 1. The van der Waals surface area contributed by atoms with E-state index in [2.05, 4.69) is 34.9 Å². The number of hydrogen-bond acceptors (Lipinski definition) is 3. The molecule has 0 N–H and O–H groups in total. The molecule has 0 spiro atoms. The number of halogens is 1. The Morgan fingerprint density at radius 3 is 2.68 bits per heavy atom. The van der Waals surface area contributed by atoms with Crippen molar-refractivity contribution in [3.05, 3.63) is 26.9 Å². The van der Waals surface area contributed by atoms with E-state index in [9.17, 15) is 4.79 Å². The molecule has 0 atom stereocenters. The molecule has 1 amide bonds. The van der Waals surface area contributed by atoms with Crippen molar-refractivity contribution in [1.29, 1.82) is 0 Å². The van der Waals surface area contributed by atoms with Gasteiger partial charge in [0.15, 0.2) is 0 Å². The number of piperidine rings is 1. The van der Waals surface area contributed by atoms with Gasteiger partial charge in [-0.1, -0.05) is 0 Å². The standard InChI is InChI=1S/C14H19BrN2OS/c1-16(2)12-5-7-17(8-6-12)14(18)4-3-11-9-13(15)19-10-11/h3-4,9-10,12H,5-8H2,1-2H3. The van der Waals surface area contributed by atoms with Gasteiger partial charge in [-0.3, -0.25) is 4.79 Å². The van der Waals surface area contributed by atoms with Crippen LogP contribution in [-0.2, 0) is 4.79 Å². The summed E-state index contributed by atoms with van der Waals surface area (Å²) in [6.07, 6.45) is 5.71.